The van der Waals surface area contributed by atoms with Crippen LogP contribution >= 0.6 is 0 Å². The number of hydrogen-bond acceptors (Lipinski definition) is 6. The van der Waals surface area contributed by atoms with Gasteiger partial charge in [0.2, 0.25) is 21.6 Å². The van der Waals surface area contributed by atoms with Crippen molar-refractivity contribution >= 4 is 15.7 Å². The fourth-order valence-electron chi connectivity index (χ4n) is 2.74. The number of carbonyl (C=O) groups excluding carboxylic acids is 1. The van der Waals surface area contributed by atoms with Crippen molar-refractivity contribution in [3.8, 4) is 0 Å². The van der Waals surface area contributed by atoms with Crippen molar-refractivity contribution in [3.05, 3.63) is 41.5 Å². The van der Waals surface area contributed by atoms with Crippen molar-refractivity contribution in [2.24, 2.45) is 0 Å². The molecule has 0 bridgehead atoms. The van der Waals surface area contributed by atoms with Gasteiger partial charge in [0.15, 0.2) is 0 Å². The van der Waals surface area contributed by atoms with E-state index in [0.717, 1.165) is 6.42 Å². The Kier molecular flexibility index (Phi) is 4.35. The molecule has 0 saturated carbocycles. The van der Waals surface area contributed by atoms with E-state index in [-0.39, 0.29) is 23.6 Å². The van der Waals surface area contributed by atoms with Crippen LogP contribution in [0.4, 0.5) is 4.39 Å². The molecule has 7 nitrogen and oxygen atoms in total. The van der Waals surface area contributed by atoms with Crippen LogP contribution in [0.2, 0.25) is 0 Å². The molecular weight excluding hydrogens is 337 g/mol. The van der Waals surface area contributed by atoms with Gasteiger partial charge in [-0.3, -0.25) is 4.79 Å². The number of sulfone groups is 1. The Bertz CT molecular complexity index is 848. The number of halogens is 1. The maximum absolute atomic E-state index is 12.9. The zero-order chi connectivity index (χ0) is 17.3. The number of nitrogens with zero attached hydrogens (tertiary/aromatic N) is 3. The topological polar surface area (TPSA) is 93.4 Å². The zero-order valence-corrected chi connectivity index (χ0v) is 13.8. The minimum Gasteiger partial charge on any atom is -0.410 e. The molecule has 1 fully saturated rings. The normalized spacial score (nSPS) is 18.1. The van der Waals surface area contributed by atoms with Crippen LogP contribution in [0, 0.1) is 5.82 Å². The number of likely N-dealkylation sites (tertiary alicyclic amines) is 1. The molecule has 0 N–H and O–H groups in total. The molecule has 128 valence electrons. The second kappa shape index (κ2) is 6.31. The summed E-state index contributed by atoms with van der Waals surface area (Å²) in [5.41, 5.74) is 0.419. The number of amides is 1. The third kappa shape index (κ3) is 3.30. The van der Waals surface area contributed by atoms with Crippen LogP contribution in [-0.2, 0) is 20.4 Å². The average Bonchev–Trinajstić information content (AvgIpc) is 3.17. The third-order valence-corrected chi connectivity index (χ3v) is 5.31. The minimum atomic E-state index is -3.84. The molecule has 1 aromatic heterocycles. The summed E-state index contributed by atoms with van der Waals surface area (Å²) in [5.74, 6) is -0.802. The van der Waals surface area contributed by atoms with E-state index < -0.39 is 20.9 Å². The van der Waals surface area contributed by atoms with Crippen LogP contribution < -0.4 is 0 Å². The van der Waals surface area contributed by atoms with Gasteiger partial charge < -0.3 is 9.32 Å². The predicted molar refractivity (Wildman–Crippen MR) is 80.9 cm³/mol. The lowest BCUT2D eigenvalue weighted by Crippen LogP contribution is -2.28. The SMILES string of the molecule is CC(=O)N1CCC[C@H]1c1nnc(S(=O)(=O)Cc2ccc(F)cc2)o1. The highest BCUT2D eigenvalue weighted by atomic mass is 32.2. The quantitative estimate of drug-likeness (QED) is 0.833. The first-order valence-corrected chi connectivity index (χ1v) is 9.10. The molecule has 0 aliphatic carbocycles. The van der Waals surface area contributed by atoms with Crippen molar-refractivity contribution in [1.82, 2.24) is 15.1 Å². The molecule has 2 aromatic rings. The Morgan fingerprint density at radius 3 is 2.71 bits per heavy atom. The Morgan fingerprint density at radius 1 is 1.33 bits per heavy atom. The highest BCUT2D eigenvalue weighted by Gasteiger charge is 2.33. The molecule has 1 amide bonds. The maximum atomic E-state index is 12.9. The molecule has 0 radical (unpaired) electrons. The molecule has 1 atom stereocenters. The van der Waals surface area contributed by atoms with E-state index >= 15 is 0 Å². The van der Waals surface area contributed by atoms with E-state index in [9.17, 15) is 17.6 Å². The van der Waals surface area contributed by atoms with E-state index in [2.05, 4.69) is 10.2 Å². The minimum absolute atomic E-state index is 0.119. The smallest absolute Gasteiger partial charge is 0.335 e. The zero-order valence-electron chi connectivity index (χ0n) is 13.0. The summed E-state index contributed by atoms with van der Waals surface area (Å²) in [6.07, 6.45) is 1.45. The van der Waals surface area contributed by atoms with Crippen molar-refractivity contribution < 1.29 is 22.0 Å². The largest absolute Gasteiger partial charge is 0.410 e. The van der Waals surface area contributed by atoms with Crippen molar-refractivity contribution in [3.63, 3.8) is 0 Å². The molecule has 0 spiro atoms. The number of rotatable bonds is 4. The monoisotopic (exact) mass is 353 g/mol. The fraction of sp³-hybridized carbons (Fsp3) is 0.400. The molecule has 2 heterocycles. The lowest BCUT2D eigenvalue weighted by molar-refractivity contribution is -0.130. The standard InChI is InChI=1S/C15H16FN3O4S/c1-10(20)19-8-2-3-13(19)14-17-18-15(23-14)24(21,22)9-11-4-6-12(16)7-5-11/h4-7,13H,2-3,8-9H2,1H3/t13-/m0/s1. The lowest BCUT2D eigenvalue weighted by atomic mass is 10.2. The summed E-state index contributed by atoms with van der Waals surface area (Å²) in [6, 6.07) is 4.77. The van der Waals surface area contributed by atoms with Gasteiger partial charge in [0.25, 0.3) is 0 Å². The van der Waals surface area contributed by atoms with Gasteiger partial charge in [-0.1, -0.05) is 17.2 Å². The summed E-state index contributed by atoms with van der Waals surface area (Å²) < 4.78 is 42.9. The second-order valence-electron chi connectivity index (χ2n) is 5.66. The van der Waals surface area contributed by atoms with E-state index in [1.165, 1.54) is 31.2 Å². The highest BCUT2D eigenvalue weighted by Crippen LogP contribution is 2.31. The van der Waals surface area contributed by atoms with Crippen LogP contribution in [0.25, 0.3) is 0 Å². The van der Waals surface area contributed by atoms with Gasteiger partial charge >= 0.3 is 5.22 Å². The van der Waals surface area contributed by atoms with Crippen LogP contribution in [-0.4, -0.2) is 36.0 Å². The van der Waals surface area contributed by atoms with Gasteiger partial charge in [-0.05, 0) is 30.5 Å². The Hall–Kier alpha value is -2.29. The number of carbonyl (C=O) groups is 1. The Labute approximate surface area is 138 Å². The summed E-state index contributed by atoms with van der Waals surface area (Å²) in [7, 11) is -3.84. The molecule has 3 rings (SSSR count). The van der Waals surface area contributed by atoms with Gasteiger partial charge in [0, 0.05) is 13.5 Å². The summed E-state index contributed by atoms with van der Waals surface area (Å²) in [6.45, 7) is 2.03. The van der Waals surface area contributed by atoms with E-state index in [1.54, 1.807) is 4.90 Å². The summed E-state index contributed by atoms with van der Waals surface area (Å²) in [5, 5.41) is 6.94. The van der Waals surface area contributed by atoms with Gasteiger partial charge in [-0.2, -0.15) is 0 Å². The lowest BCUT2D eigenvalue weighted by Gasteiger charge is -2.19. The van der Waals surface area contributed by atoms with Gasteiger partial charge in [0.05, 0.1) is 5.75 Å². The summed E-state index contributed by atoms with van der Waals surface area (Å²) >= 11 is 0. The average molecular weight is 353 g/mol. The van der Waals surface area contributed by atoms with Crippen molar-refractivity contribution in [2.45, 2.75) is 36.8 Å². The van der Waals surface area contributed by atoms with Crippen LogP contribution in [0.1, 0.15) is 37.3 Å². The molecule has 9 heteroatoms. The van der Waals surface area contributed by atoms with Gasteiger partial charge in [0.1, 0.15) is 11.9 Å². The van der Waals surface area contributed by atoms with Crippen LogP contribution in [0.5, 0.6) is 0 Å². The molecule has 24 heavy (non-hydrogen) atoms. The molecule has 1 aromatic carbocycles. The molecule has 1 aliphatic rings. The Balaban J connectivity index is 1.81. The highest BCUT2D eigenvalue weighted by molar-refractivity contribution is 7.90. The maximum Gasteiger partial charge on any atom is 0.335 e. The van der Waals surface area contributed by atoms with Crippen molar-refractivity contribution in [1.29, 1.82) is 0 Å². The first-order valence-electron chi connectivity index (χ1n) is 7.44. The Morgan fingerprint density at radius 2 is 2.04 bits per heavy atom. The molecular formula is C15H16FN3O4S. The second-order valence-corrected chi connectivity index (χ2v) is 7.53. The number of hydrogen-bond donors (Lipinski definition) is 0. The predicted octanol–water partition coefficient (Wildman–Crippen LogP) is 1.87. The van der Waals surface area contributed by atoms with Crippen LogP contribution in [0.15, 0.2) is 33.9 Å². The first-order chi connectivity index (χ1) is 11.4. The van der Waals surface area contributed by atoms with E-state index in [1.807, 2.05) is 0 Å². The third-order valence-electron chi connectivity index (χ3n) is 3.90. The molecule has 1 aliphatic heterocycles. The molecule has 0 unspecified atom stereocenters. The van der Waals surface area contributed by atoms with Gasteiger partial charge in [-0.15, -0.1) is 5.10 Å². The number of benzene rings is 1. The summed E-state index contributed by atoms with van der Waals surface area (Å²) in [4.78, 5) is 13.2. The van der Waals surface area contributed by atoms with Crippen LogP contribution in [0.3, 0.4) is 0 Å². The fourth-order valence-corrected chi connectivity index (χ4v) is 3.88. The van der Waals surface area contributed by atoms with E-state index in [4.69, 9.17) is 4.42 Å². The van der Waals surface area contributed by atoms with Gasteiger partial charge in [-0.25, -0.2) is 12.8 Å². The number of aromatic nitrogens is 2. The van der Waals surface area contributed by atoms with Crippen molar-refractivity contribution in [2.75, 3.05) is 6.54 Å². The molecule has 1 saturated heterocycles. The van der Waals surface area contributed by atoms with E-state index in [0.29, 0.717) is 18.5 Å². The first kappa shape index (κ1) is 16.6.